The number of rotatable bonds is 8. The van der Waals surface area contributed by atoms with Gasteiger partial charge in [-0.2, -0.15) is 0 Å². The Morgan fingerprint density at radius 3 is 2.48 bits per heavy atom. The Balaban J connectivity index is 2.51. The average molecular weight is 367 g/mol. The monoisotopic (exact) mass is 366 g/mol. The molecule has 9 nitrogen and oxygen atoms in total. The minimum absolute atomic E-state index is 0.137. The van der Waals surface area contributed by atoms with E-state index in [1.54, 1.807) is 0 Å². The van der Waals surface area contributed by atoms with Gasteiger partial charge in [0.1, 0.15) is 6.10 Å². The van der Waals surface area contributed by atoms with E-state index >= 15 is 0 Å². The quantitative estimate of drug-likeness (QED) is 0.479. The second-order valence-corrected chi connectivity index (χ2v) is 7.76. The number of sulfonamides is 1. The van der Waals surface area contributed by atoms with Crippen LogP contribution in [0.4, 0.5) is 5.95 Å². The van der Waals surface area contributed by atoms with E-state index in [0.717, 1.165) is 0 Å². The maximum Gasteiger partial charge on any atom is 0.249 e. The van der Waals surface area contributed by atoms with Crippen molar-refractivity contribution in [1.82, 2.24) is 15.3 Å². The minimum Gasteiger partial charge on any atom is -0.396 e. The van der Waals surface area contributed by atoms with Gasteiger partial charge in [0.25, 0.3) is 0 Å². The van der Waals surface area contributed by atoms with E-state index < -0.39 is 39.8 Å². The van der Waals surface area contributed by atoms with Crippen molar-refractivity contribution in [3.63, 3.8) is 0 Å². The van der Waals surface area contributed by atoms with Gasteiger partial charge in [0.05, 0.1) is 29.8 Å². The number of nitrogens with zero attached hydrogens (tertiary/aromatic N) is 2. The van der Waals surface area contributed by atoms with Crippen LogP contribution < -0.4 is 10.0 Å². The molecule has 0 aliphatic carbocycles. The molecule has 0 saturated carbocycles. The summed E-state index contributed by atoms with van der Waals surface area (Å²) in [4.78, 5) is 19.1. The predicted molar refractivity (Wildman–Crippen MR) is 84.3 cm³/mol. The first-order valence-corrected chi connectivity index (χ1v) is 8.65. The molecule has 1 aromatic heterocycles. The molecule has 0 aliphatic heterocycles. The van der Waals surface area contributed by atoms with Crippen LogP contribution in [-0.2, 0) is 14.8 Å². The summed E-state index contributed by atoms with van der Waals surface area (Å²) in [5.41, 5.74) is -1.03. The average Bonchev–Trinajstić information content (AvgIpc) is 2.48. The summed E-state index contributed by atoms with van der Waals surface area (Å²) in [5.74, 6) is -1.33. The molecule has 0 bridgehead atoms. The van der Waals surface area contributed by atoms with Gasteiger partial charge >= 0.3 is 0 Å². The highest BCUT2D eigenvalue weighted by molar-refractivity contribution is 7.92. The van der Waals surface area contributed by atoms with Gasteiger partial charge in [-0.3, -0.25) is 9.52 Å². The van der Waals surface area contributed by atoms with Crippen LogP contribution in [0.5, 0.6) is 0 Å². The fourth-order valence-electron chi connectivity index (χ4n) is 1.40. The smallest absolute Gasteiger partial charge is 0.249 e. The highest BCUT2D eigenvalue weighted by atomic mass is 35.5. The van der Waals surface area contributed by atoms with Gasteiger partial charge in [0.2, 0.25) is 21.9 Å². The van der Waals surface area contributed by atoms with Crippen molar-refractivity contribution < 1.29 is 23.4 Å². The molecule has 0 unspecified atom stereocenters. The third-order valence-corrected chi connectivity index (χ3v) is 4.36. The number of anilines is 1. The first-order valence-electron chi connectivity index (χ1n) is 6.62. The topological polar surface area (TPSA) is 142 Å². The van der Waals surface area contributed by atoms with E-state index in [0.29, 0.717) is 0 Å². The highest BCUT2D eigenvalue weighted by Gasteiger charge is 2.32. The largest absolute Gasteiger partial charge is 0.396 e. The third kappa shape index (κ3) is 6.26. The lowest BCUT2D eigenvalue weighted by atomic mass is 9.87. The van der Waals surface area contributed by atoms with Gasteiger partial charge in [0, 0.05) is 12.0 Å². The minimum atomic E-state index is -3.77. The van der Waals surface area contributed by atoms with E-state index in [-0.39, 0.29) is 17.5 Å². The first kappa shape index (κ1) is 19.6. The lowest BCUT2D eigenvalue weighted by molar-refractivity contribution is -0.136. The van der Waals surface area contributed by atoms with Crippen molar-refractivity contribution in [1.29, 1.82) is 0 Å². The zero-order valence-electron chi connectivity index (χ0n) is 12.7. The van der Waals surface area contributed by atoms with Gasteiger partial charge in [-0.15, -0.1) is 0 Å². The van der Waals surface area contributed by atoms with E-state index in [2.05, 4.69) is 20.0 Å². The van der Waals surface area contributed by atoms with Crippen molar-refractivity contribution >= 4 is 33.5 Å². The molecule has 0 fully saturated rings. The number of amides is 1. The van der Waals surface area contributed by atoms with E-state index in [9.17, 15) is 18.3 Å². The van der Waals surface area contributed by atoms with Crippen LogP contribution in [0.3, 0.4) is 0 Å². The Morgan fingerprint density at radius 2 is 1.96 bits per heavy atom. The lowest BCUT2D eigenvalue weighted by Gasteiger charge is -2.27. The molecule has 1 rings (SSSR count). The molecule has 130 valence electrons. The molecule has 11 heteroatoms. The maximum absolute atomic E-state index is 11.8. The summed E-state index contributed by atoms with van der Waals surface area (Å²) in [7, 11) is -3.77. The number of carbonyl (C=O) groups is 1. The number of aromatic nitrogens is 2. The van der Waals surface area contributed by atoms with Gasteiger partial charge in [-0.25, -0.2) is 18.4 Å². The fraction of sp³-hybridized carbons (Fsp3) is 0.583. The lowest BCUT2D eigenvalue weighted by Crippen LogP contribution is -2.46. The summed E-state index contributed by atoms with van der Waals surface area (Å²) in [6.07, 6.45) is 1.02. The second kappa shape index (κ2) is 7.86. The Bertz CT molecular complexity index is 635. The molecule has 1 heterocycles. The normalized spacial score (nSPS) is 13.4. The molecule has 0 spiro atoms. The van der Waals surface area contributed by atoms with Gasteiger partial charge in [-0.05, 0) is 0 Å². The van der Waals surface area contributed by atoms with Gasteiger partial charge in [0.15, 0.2) is 0 Å². The van der Waals surface area contributed by atoms with Crippen LogP contribution >= 0.6 is 11.6 Å². The number of carbonyl (C=O) groups excluding carboxylic acids is 1. The Labute approximate surface area is 139 Å². The molecule has 0 radical (unpaired) electrons. The van der Waals surface area contributed by atoms with E-state index in [1.807, 2.05) is 0 Å². The molecule has 0 aliphatic rings. The predicted octanol–water partition coefficient (Wildman–Crippen LogP) is -0.633. The van der Waals surface area contributed by atoms with Crippen molar-refractivity contribution in [3.8, 4) is 0 Å². The number of nitrogens with one attached hydrogen (secondary N) is 2. The maximum atomic E-state index is 11.8. The Hall–Kier alpha value is -1.49. The molecule has 23 heavy (non-hydrogen) atoms. The van der Waals surface area contributed by atoms with E-state index in [4.69, 9.17) is 16.7 Å². The van der Waals surface area contributed by atoms with E-state index in [1.165, 1.54) is 26.2 Å². The van der Waals surface area contributed by atoms with Gasteiger partial charge < -0.3 is 15.5 Å². The van der Waals surface area contributed by atoms with Crippen LogP contribution in [0.15, 0.2) is 12.4 Å². The van der Waals surface area contributed by atoms with Crippen LogP contribution in [0, 0.1) is 5.41 Å². The number of halogens is 1. The van der Waals surface area contributed by atoms with Crippen molar-refractivity contribution in [3.05, 3.63) is 17.4 Å². The van der Waals surface area contributed by atoms with Crippen molar-refractivity contribution in [2.75, 3.05) is 23.6 Å². The second-order valence-electron chi connectivity index (χ2n) is 5.49. The SMILES string of the molecule is CC(C)(CO)[C@H](O)C(=O)NCCS(=O)(=O)Nc1ncc(Cl)cn1. The summed E-state index contributed by atoms with van der Waals surface area (Å²) >= 11 is 5.59. The molecular formula is C12H19ClN4O5S. The zero-order chi connectivity index (χ0) is 17.7. The van der Waals surface area contributed by atoms with Crippen LogP contribution in [0.1, 0.15) is 13.8 Å². The first-order chi connectivity index (χ1) is 10.6. The molecule has 0 saturated heterocycles. The standard InChI is InChI=1S/C12H19ClN4O5S/c1-12(2,7-18)9(19)10(20)14-3-4-23(21,22)17-11-15-5-8(13)6-16-11/h5-6,9,18-19H,3-4,7H2,1-2H3,(H,14,20)(H,15,16,17)/t9-/m1/s1. The molecule has 1 aromatic rings. The molecular weight excluding hydrogens is 348 g/mol. The molecule has 4 N–H and O–H groups in total. The number of aliphatic hydroxyl groups excluding tert-OH is 2. The van der Waals surface area contributed by atoms with Crippen molar-refractivity contribution in [2.24, 2.45) is 5.41 Å². The molecule has 0 aromatic carbocycles. The van der Waals surface area contributed by atoms with Crippen LogP contribution in [0.2, 0.25) is 5.02 Å². The fourth-order valence-corrected chi connectivity index (χ4v) is 2.36. The van der Waals surface area contributed by atoms with Crippen LogP contribution in [0.25, 0.3) is 0 Å². The summed E-state index contributed by atoms with van der Waals surface area (Å²) in [6, 6.07) is 0. The summed E-state index contributed by atoms with van der Waals surface area (Å²) in [5, 5.41) is 21.4. The zero-order valence-corrected chi connectivity index (χ0v) is 14.2. The van der Waals surface area contributed by atoms with Crippen molar-refractivity contribution in [2.45, 2.75) is 20.0 Å². The number of hydrogen-bond donors (Lipinski definition) is 4. The highest BCUT2D eigenvalue weighted by Crippen LogP contribution is 2.19. The summed E-state index contributed by atoms with van der Waals surface area (Å²) in [6.45, 7) is 2.40. The number of aliphatic hydroxyl groups is 2. The molecule has 1 atom stereocenters. The Kier molecular flexibility index (Phi) is 6.69. The molecule has 1 amide bonds. The third-order valence-electron chi connectivity index (χ3n) is 2.93. The Morgan fingerprint density at radius 1 is 1.39 bits per heavy atom. The number of hydrogen-bond acceptors (Lipinski definition) is 7. The van der Waals surface area contributed by atoms with Gasteiger partial charge in [-0.1, -0.05) is 25.4 Å². The van der Waals surface area contributed by atoms with Crippen LogP contribution in [-0.4, -0.2) is 59.5 Å². The summed E-state index contributed by atoms with van der Waals surface area (Å²) < 4.78 is 25.8.